The third-order valence-electron chi connectivity index (χ3n) is 2.49. The first kappa shape index (κ1) is 12.3. The molecule has 0 spiro atoms. The molecule has 0 saturated carbocycles. The molecule has 0 radical (unpaired) electrons. The van der Waals surface area contributed by atoms with Gasteiger partial charge in [0.15, 0.2) is 0 Å². The Morgan fingerprint density at radius 3 is 3.06 bits per heavy atom. The first-order chi connectivity index (χ1) is 8.79. The highest BCUT2D eigenvalue weighted by Crippen LogP contribution is 2.25. The number of H-pyrrole nitrogens is 1. The van der Waals surface area contributed by atoms with Crippen molar-refractivity contribution in [1.82, 2.24) is 9.97 Å². The number of benzene rings is 1. The molecule has 2 aromatic rings. The number of nitrogens with one attached hydrogen (secondary N) is 2. The largest absolute Gasteiger partial charge is 0.491 e. The predicted molar refractivity (Wildman–Crippen MR) is 72.6 cm³/mol. The molecular formula is C13H18N4O. The van der Waals surface area contributed by atoms with Crippen molar-refractivity contribution in [3.8, 4) is 5.75 Å². The van der Waals surface area contributed by atoms with Crippen LogP contribution in [0.3, 0.4) is 0 Å². The van der Waals surface area contributed by atoms with Crippen LogP contribution in [0.15, 0.2) is 30.6 Å². The third kappa shape index (κ3) is 3.16. The van der Waals surface area contributed by atoms with E-state index in [-0.39, 0.29) is 0 Å². The number of nitrogens with two attached hydrogens (primary N) is 1. The molecule has 5 nitrogen and oxygen atoms in total. The minimum Gasteiger partial charge on any atom is -0.491 e. The predicted octanol–water partition coefficient (Wildman–Crippen LogP) is 2.39. The number of hydrogen-bond acceptors (Lipinski definition) is 4. The molecule has 96 valence electrons. The van der Waals surface area contributed by atoms with Gasteiger partial charge in [0.25, 0.3) is 0 Å². The van der Waals surface area contributed by atoms with Gasteiger partial charge in [0.2, 0.25) is 0 Å². The van der Waals surface area contributed by atoms with Gasteiger partial charge in [0, 0.05) is 24.1 Å². The lowest BCUT2D eigenvalue weighted by molar-refractivity contribution is 0.319. The minimum absolute atomic E-state index is 0.643. The first-order valence-corrected chi connectivity index (χ1v) is 6.04. The number of ether oxygens (including phenoxy) is 1. The zero-order chi connectivity index (χ0) is 12.8. The number of nitrogen functional groups attached to an aromatic ring is 1. The van der Waals surface area contributed by atoms with Crippen LogP contribution in [0.1, 0.15) is 19.2 Å². The maximum Gasteiger partial charge on any atom is 0.144 e. The lowest BCUT2D eigenvalue weighted by Crippen LogP contribution is -2.03. The number of aromatic nitrogens is 2. The molecule has 0 saturated heterocycles. The van der Waals surface area contributed by atoms with Crippen LogP contribution in [-0.4, -0.2) is 16.6 Å². The van der Waals surface area contributed by atoms with E-state index in [0.29, 0.717) is 18.8 Å². The van der Waals surface area contributed by atoms with E-state index >= 15 is 0 Å². The summed E-state index contributed by atoms with van der Waals surface area (Å²) in [6.45, 7) is 3.38. The van der Waals surface area contributed by atoms with Crippen molar-refractivity contribution in [2.24, 2.45) is 0 Å². The fraction of sp³-hybridized carbons (Fsp3) is 0.308. The van der Waals surface area contributed by atoms with Gasteiger partial charge in [-0.15, -0.1) is 0 Å². The van der Waals surface area contributed by atoms with Gasteiger partial charge >= 0.3 is 0 Å². The van der Waals surface area contributed by atoms with Gasteiger partial charge in [-0.25, -0.2) is 4.98 Å². The van der Waals surface area contributed by atoms with E-state index < -0.39 is 0 Å². The Hall–Kier alpha value is -2.17. The topological polar surface area (TPSA) is 76.0 Å². The molecule has 1 aromatic heterocycles. The number of imidazole rings is 1. The molecule has 0 amide bonds. The van der Waals surface area contributed by atoms with Crippen LogP contribution in [0.5, 0.6) is 5.75 Å². The summed E-state index contributed by atoms with van der Waals surface area (Å²) in [5.41, 5.74) is 7.47. The number of nitrogens with zero attached hydrogens (tertiary/aromatic N) is 1. The second-order valence-electron chi connectivity index (χ2n) is 3.99. The molecule has 0 fully saturated rings. The third-order valence-corrected chi connectivity index (χ3v) is 2.49. The number of anilines is 2. The molecule has 1 heterocycles. The van der Waals surface area contributed by atoms with Crippen molar-refractivity contribution in [1.29, 1.82) is 0 Å². The van der Waals surface area contributed by atoms with Gasteiger partial charge in [0.1, 0.15) is 11.6 Å². The average Bonchev–Trinajstić information content (AvgIpc) is 2.89. The van der Waals surface area contributed by atoms with Gasteiger partial charge in [-0.05, 0) is 18.6 Å². The van der Waals surface area contributed by atoms with Gasteiger partial charge in [-0.3, -0.25) is 0 Å². The summed E-state index contributed by atoms with van der Waals surface area (Å²) in [5, 5.41) is 3.26. The highest BCUT2D eigenvalue weighted by atomic mass is 16.5. The smallest absolute Gasteiger partial charge is 0.144 e. The van der Waals surface area contributed by atoms with E-state index in [1.54, 1.807) is 12.4 Å². The zero-order valence-corrected chi connectivity index (χ0v) is 10.4. The number of hydrogen-bond donors (Lipinski definition) is 3. The summed E-state index contributed by atoms with van der Waals surface area (Å²) >= 11 is 0. The van der Waals surface area contributed by atoms with Gasteiger partial charge in [-0.1, -0.05) is 6.92 Å². The fourth-order valence-electron chi connectivity index (χ4n) is 1.56. The highest BCUT2D eigenvalue weighted by Gasteiger charge is 2.02. The molecular weight excluding hydrogens is 228 g/mol. The van der Waals surface area contributed by atoms with Gasteiger partial charge in [-0.2, -0.15) is 0 Å². The average molecular weight is 246 g/mol. The number of rotatable bonds is 6. The van der Waals surface area contributed by atoms with Crippen LogP contribution in [0.2, 0.25) is 0 Å². The maximum absolute atomic E-state index is 5.85. The van der Waals surface area contributed by atoms with Crippen molar-refractivity contribution in [2.45, 2.75) is 19.9 Å². The quantitative estimate of drug-likeness (QED) is 0.684. The van der Waals surface area contributed by atoms with E-state index in [1.807, 2.05) is 18.2 Å². The maximum atomic E-state index is 5.85. The van der Waals surface area contributed by atoms with Crippen LogP contribution in [-0.2, 0) is 6.54 Å². The molecule has 0 aliphatic rings. The second-order valence-corrected chi connectivity index (χ2v) is 3.99. The molecule has 5 heteroatoms. The van der Waals surface area contributed by atoms with Crippen LogP contribution in [0, 0.1) is 0 Å². The summed E-state index contributed by atoms with van der Waals surface area (Å²) in [7, 11) is 0. The van der Waals surface area contributed by atoms with Gasteiger partial charge in [0.05, 0.1) is 18.8 Å². The SMILES string of the molecule is CCCOc1cc(NCc2ncc[nH]2)ccc1N. The van der Waals surface area contributed by atoms with Crippen LogP contribution < -0.4 is 15.8 Å². The van der Waals surface area contributed by atoms with E-state index in [4.69, 9.17) is 10.5 Å². The van der Waals surface area contributed by atoms with E-state index in [2.05, 4.69) is 22.2 Å². The summed E-state index contributed by atoms with van der Waals surface area (Å²) in [6, 6.07) is 5.68. The van der Waals surface area contributed by atoms with Gasteiger partial charge < -0.3 is 20.8 Å². The monoisotopic (exact) mass is 246 g/mol. The van der Waals surface area contributed by atoms with Crippen molar-refractivity contribution < 1.29 is 4.74 Å². The standard InChI is InChI=1S/C13H18N4O/c1-2-7-18-12-8-10(3-4-11(12)14)17-9-13-15-5-6-16-13/h3-6,8,17H,2,7,9,14H2,1H3,(H,15,16). The van der Waals surface area contributed by atoms with Crippen molar-refractivity contribution in [3.05, 3.63) is 36.4 Å². The molecule has 0 unspecified atom stereocenters. The molecule has 0 atom stereocenters. The Labute approximate surface area is 106 Å². The fourth-order valence-corrected chi connectivity index (χ4v) is 1.56. The molecule has 0 bridgehead atoms. The Morgan fingerprint density at radius 1 is 1.44 bits per heavy atom. The summed E-state index contributed by atoms with van der Waals surface area (Å²) < 4.78 is 5.58. The molecule has 2 rings (SSSR count). The molecule has 0 aliphatic heterocycles. The number of aromatic amines is 1. The molecule has 18 heavy (non-hydrogen) atoms. The molecule has 0 aliphatic carbocycles. The Kier molecular flexibility index (Phi) is 4.06. The van der Waals surface area contributed by atoms with E-state index in [9.17, 15) is 0 Å². The minimum atomic E-state index is 0.643. The normalized spacial score (nSPS) is 10.3. The summed E-state index contributed by atoms with van der Waals surface area (Å²) in [6.07, 6.45) is 4.50. The highest BCUT2D eigenvalue weighted by molar-refractivity contribution is 5.61. The lowest BCUT2D eigenvalue weighted by Gasteiger charge is -2.11. The summed E-state index contributed by atoms with van der Waals surface area (Å²) in [4.78, 5) is 7.19. The zero-order valence-electron chi connectivity index (χ0n) is 10.4. The van der Waals surface area contributed by atoms with Crippen LogP contribution in [0.25, 0.3) is 0 Å². The van der Waals surface area contributed by atoms with E-state index in [0.717, 1.165) is 23.7 Å². The Balaban J connectivity index is 2.00. The van der Waals surface area contributed by atoms with Crippen molar-refractivity contribution in [3.63, 3.8) is 0 Å². The molecule has 4 N–H and O–H groups in total. The summed E-state index contributed by atoms with van der Waals surface area (Å²) in [5.74, 6) is 1.61. The Bertz CT molecular complexity index is 482. The first-order valence-electron chi connectivity index (χ1n) is 6.04. The molecule has 1 aromatic carbocycles. The van der Waals surface area contributed by atoms with E-state index in [1.165, 1.54) is 0 Å². The Morgan fingerprint density at radius 2 is 2.33 bits per heavy atom. The van der Waals surface area contributed by atoms with Crippen LogP contribution in [0.4, 0.5) is 11.4 Å². The lowest BCUT2D eigenvalue weighted by atomic mass is 10.2. The van der Waals surface area contributed by atoms with Crippen molar-refractivity contribution in [2.75, 3.05) is 17.7 Å². The second kappa shape index (κ2) is 5.95. The van der Waals surface area contributed by atoms with Crippen LogP contribution >= 0.6 is 0 Å². The van der Waals surface area contributed by atoms with Crippen molar-refractivity contribution >= 4 is 11.4 Å².